The number of likely N-dealkylation sites (tertiary alicyclic amines) is 1. The summed E-state index contributed by atoms with van der Waals surface area (Å²) < 4.78 is 14.0. The Kier molecular flexibility index (Phi) is 7.22. The molecule has 6 nitrogen and oxygen atoms in total. The van der Waals surface area contributed by atoms with Gasteiger partial charge >= 0.3 is 0 Å². The lowest BCUT2D eigenvalue weighted by Gasteiger charge is -2.36. The van der Waals surface area contributed by atoms with Crippen LogP contribution in [0.1, 0.15) is 85.4 Å². The van der Waals surface area contributed by atoms with Crippen molar-refractivity contribution in [1.82, 2.24) is 20.0 Å². The summed E-state index contributed by atoms with van der Waals surface area (Å²) in [5.41, 5.74) is 1.86. The second-order valence-electron chi connectivity index (χ2n) is 9.10. The van der Waals surface area contributed by atoms with E-state index in [9.17, 15) is 14.0 Å². The van der Waals surface area contributed by atoms with E-state index in [-0.39, 0.29) is 36.1 Å². The number of nitrogens with zero attached hydrogens (tertiary/aromatic N) is 3. The predicted molar refractivity (Wildman–Crippen MR) is 121 cm³/mol. The molecule has 4 rings (SSSR count). The molecular weight excluding hydrogens is 407 g/mol. The van der Waals surface area contributed by atoms with Gasteiger partial charge in [0.25, 0.3) is 5.91 Å². The molecule has 32 heavy (non-hydrogen) atoms. The fourth-order valence-corrected chi connectivity index (χ4v) is 5.16. The lowest BCUT2D eigenvalue weighted by Crippen LogP contribution is -2.41. The quantitative estimate of drug-likeness (QED) is 0.711. The second kappa shape index (κ2) is 10.3. The average Bonchev–Trinajstić information content (AvgIpc) is 3.33. The number of halogens is 1. The van der Waals surface area contributed by atoms with E-state index in [0.717, 1.165) is 50.6 Å². The molecule has 0 spiro atoms. The van der Waals surface area contributed by atoms with Crippen LogP contribution in [0.2, 0.25) is 0 Å². The van der Waals surface area contributed by atoms with Crippen LogP contribution in [0.4, 0.5) is 4.39 Å². The van der Waals surface area contributed by atoms with Crippen molar-refractivity contribution in [3.63, 3.8) is 0 Å². The van der Waals surface area contributed by atoms with Crippen molar-refractivity contribution in [3.8, 4) is 0 Å². The van der Waals surface area contributed by atoms with Gasteiger partial charge in [-0.1, -0.05) is 37.5 Å². The molecule has 172 valence electrons. The van der Waals surface area contributed by atoms with Gasteiger partial charge in [0.15, 0.2) is 0 Å². The number of carbonyl (C=O) groups excluding carboxylic acids is 2. The number of H-pyrrole nitrogens is 1. The second-order valence-corrected chi connectivity index (χ2v) is 9.10. The summed E-state index contributed by atoms with van der Waals surface area (Å²) in [5, 5.41) is 7.22. The van der Waals surface area contributed by atoms with Crippen molar-refractivity contribution in [1.29, 1.82) is 0 Å². The number of nitrogens with one attached hydrogen (secondary N) is 1. The zero-order valence-corrected chi connectivity index (χ0v) is 18.9. The van der Waals surface area contributed by atoms with E-state index in [1.807, 2.05) is 16.8 Å². The summed E-state index contributed by atoms with van der Waals surface area (Å²) in [6, 6.07) is 6.67. The van der Waals surface area contributed by atoms with Crippen molar-refractivity contribution in [2.24, 2.45) is 0 Å². The number of hydrogen-bond acceptors (Lipinski definition) is 3. The Bertz CT molecular complexity index is 938. The number of benzene rings is 1. The SMILES string of the molecule is CN(C(=O)c1cn[nH]c1[C@H]1CCCCN1C(=O)CCc1ccccc1F)C1CCCCC1. The van der Waals surface area contributed by atoms with Crippen LogP contribution in [-0.4, -0.2) is 51.4 Å². The minimum Gasteiger partial charge on any atom is -0.339 e. The normalized spacial score (nSPS) is 19.7. The number of amides is 2. The van der Waals surface area contributed by atoms with E-state index in [0.29, 0.717) is 24.1 Å². The Morgan fingerprint density at radius 2 is 1.88 bits per heavy atom. The van der Waals surface area contributed by atoms with Crippen LogP contribution in [0.5, 0.6) is 0 Å². The molecule has 1 aromatic carbocycles. The monoisotopic (exact) mass is 440 g/mol. The summed E-state index contributed by atoms with van der Waals surface area (Å²) in [7, 11) is 1.88. The molecule has 1 saturated carbocycles. The molecule has 1 aromatic heterocycles. The highest BCUT2D eigenvalue weighted by atomic mass is 19.1. The molecule has 0 unspecified atom stereocenters. The predicted octanol–water partition coefficient (Wildman–Crippen LogP) is 4.64. The van der Waals surface area contributed by atoms with Gasteiger partial charge in [-0.3, -0.25) is 14.7 Å². The lowest BCUT2D eigenvalue weighted by molar-refractivity contribution is -0.135. The Hall–Kier alpha value is -2.70. The Morgan fingerprint density at radius 1 is 1.12 bits per heavy atom. The van der Waals surface area contributed by atoms with E-state index in [4.69, 9.17) is 0 Å². The van der Waals surface area contributed by atoms with Gasteiger partial charge in [0.2, 0.25) is 5.91 Å². The summed E-state index contributed by atoms with van der Waals surface area (Å²) in [6.07, 6.45) is 10.6. The van der Waals surface area contributed by atoms with Crippen molar-refractivity contribution >= 4 is 11.8 Å². The smallest absolute Gasteiger partial charge is 0.257 e. The van der Waals surface area contributed by atoms with Gasteiger partial charge in [-0.05, 0) is 50.2 Å². The van der Waals surface area contributed by atoms with E-state index < -0.39 is 0 Å². The summed E-state index contributed by atoms with van der Waals surface area (Å²) in [4.78, 5) is 30.2. The third-order valence-corrected chi connectivity index (χ3v) is 7.06. The van der Waals surface area contributed by atoms with Crippen LogP contribution >= 0.6 is 0 Å². The highest BCUT2D eigenvalue weighted by Crippen LogP contribution is 2.33. The van der Waals surface area contributed by atoms with E-state index in [1.54, 1.807) is 24.4 Å². The van der Waals surface area contributed by atoms with Crippen LogP contribution in [0.25, 0.3) is 0 Å². The average molecular weight is 441 g/mol. The van der Waals surface area contributed by atoms with Gasteiger partial charge in [0, 0.05) is 26.1 Å². The number of aryl methyl sites for hydroxylation is 1. The van der Waals surface area contributed by atoms with Crippen LogP contribution in [0.15, 0.2) is 30.5 Å². The lowest BCUT2D eigenvalue weighted by atomic mass is 9.93. The zero-order chi connectivity index (χ0) is 22.5. The number of aromatic amines is 1. The highest BCUT2D eigenvalue weighted by Gasteiger charge is 2.33. The molecular formula is C25H33FN4O2. The van der Waals surface area contributed by atoms with Crippen molar-refractivity contribution < 1.29 is 14.0 Å². The zero-order valence-electron chi connectivity index (χ0n) is 18.9. The summed E-state index contributed by atoms with van der Waals surface area (Å²) in [5.74, 6) is -0.306. The van der Waals surface area contributed by atoms with E-state index in [2.05, 4.69) is 10.2 Å². The Balaban J connectivity index is 1.48. The molecule has 2 aromatic rings. The maximum absolute atomic E-state index is 14.0. The first-order valence-electron chi connectivity index (χ1n) is 11.9. The molecule has 0 bridgehead atoms. The van der Waals surface area contributed by atoms with Crippen molar-refractivity contribution in [3.05, 3.63) is 53.1 Å². The first-order chi connectivity index (χ1) is 15.6. The van der Waals surface area contributed by atoms with Gasteiger partial charge in [-0.25, -0.2) is 4.39 Å². The third-order valence-electron chi connectivity index (χ3n) is 7.06. The van der Waals surface area contributed by atoms with Gasteiger partial charge in [0.1, 0.15) is 5.82 Å². The third kappa shape index (κ3) is 4.87. The molecule has 2 aliphatic rings. The molecule has 2 fully saturated rings. The molecule has 1 N–H and O–H groups in total. The number of hydrogen-bond donors (Lipinski definition) is 1. The molecule has 1 atom stereocenters. The molecule has 2 amide bonds. The van der Waals surface area contributed by atoms with Gasteiger partial charge < -0.3 is 9.80 Å². The van der Waals surface area contributed by atoms with Crippen molar-refractivity contribution in [2.45, 2.75) is 76.3 Å². The largest absolute Gasteiger partial charge is 0.339 e. The number of piperidine rings is 1. The number of aromatic nitrogens is 2. The van der Waals surface area contributed by atoms with E-state index in [1.165, 1.54) is 12.5 Å². The maximum Gasteiger partial charge on any atom is 0.257 e. The Morgan fingerprint density at radius 3 is 2.66 bits per heavy atom. The Labute approximate surface area is 189 Å². The fraction of sp³-hybridized carbons (Fsp3) is 0.560. The first-order valence-corrected chi connectivity index (χ1v) is 11.9. The summed E-state index contributed by atoms with van der Waals surface area (Å²) >= 11 is 0. The minimum atomic E-state index is -0.275. The molecule has 1 aliphatic carbocycles. The van der Waals surface area contributed by atoms with Gasteiger partial charge in [-0.15, -0.1) is 0 Å². The fourth-order valence-electron chi connectivity index (χ4n) is 5.16. The maximum atomic E-state index is 14.0. The van der Waals surface area contributed by atoms with Gasteiger partial charge in [0.05, 0.1) is 23.5 Å². The topological polar surface area (TPSA) is 69.3 Å². The molecule has 1 aliphatic heterocycles. The van der Waals surface area contributed by atoms with Crippen molar-refractivity contribution in [2.75, 3.05) is 13.6 Å². The molecule has 7 heteroatoms. The standard InChI is InChI=1S/C25H33FN4O2/c1-29(19-10-3-2-4-11-19)25(32)20-17-27-28-24(20)22-13-7-8-16-30(22)23(31)15-14-18-9-5-6-12-21(18)26/h5-6,9,12,17,19,22H,2-4,7-8,10-11,13-16H2,1H3,(H,27,28)/t22-/m1/s1. The minimum absolute atomic E-state index is 0.00779. The summed E-state index contributed by atoms with van der Waals surface area (Å²) in [6.45, 7) is 0.645. The van der Waals surface area contributed by atoms with Crippen LogP contribution in [0.3, 0.4) is 0 Å². The van der Waals surface area contributed by atoms with Crippen LogP contribution in [0, 0.1) is 5.82 Å². The highest BCUT2D eigenvalue weighted by molar-refractivity contribution is 5.95. The van der Waals surface area contributed by atoms with E-state index >= 15 is 0 Å². The number of carbonyl (C=O) groups is 2. The van der Waals surface area contributed by atoms with Crippen LogP contribution < -0.4 is 0 Å². The first kappa shape index (κ1) is 22.5. The van der Waals surface area contributed by atoms with Crippen LogP contribution in [-0.2, 0) is 11.2 Å². The molecule has 0 radical (unpaired) electrons. The molecule has 1 saturated heterocycles. The van der Waals surface area contributed by atoms with Gasteiger partial charge in [-0.2, -0.15) is 5.10 Å². The molecule has 2 heterocycles. The number of rotatable bonds is 6.